The topological polar surface area (TPSA) is 67.4 Å². The summed E-state index contributed by atoms with van der Waals surface area (Å²) in [5, 5.41) is 6.01. The van der Waals surface area contributed by atoms with E-state index in [-0.39, 0.29) is 5.91 Å². The van der Waals surface area contributed by atoms with Crippen LogP contribution in [-0.4, -0.2) is 25.0 Å². The van der Waals surface area contributed by atoms with Crippen LogP contribution >= 0.6 is 0 Å². The van der Waals surface area contributed by atoms with E-state index < -0.39 is 5.97 Å². The summed E-state index contributed by atoms with van der Waals surface area (Å²) in [6.45, 7) is 6.86. The summed E-state index contributed by atoms with van der Waals surface area (Å²) in [5.74, 6) is -0.103. The summed E-state index contributed by atoms with van der Waals surface area (Å²) in [5.41, 5.74) is 3.09. The maximum Gasteiger partial charge on any atom is 0.340 e. The predicted octanol–water partition coefficient (Wildman–Crippen LogP) is 4.43. The third-order valence-corrected chi connectivity index (χ3v) is 3.96. The normalized spacial score (nSPS) is 10.5. The number of hydrogen-bond acceptors (Lipinski definition) is 4. The molecule has 0 saturated carbocycles. The first-order valence-electron chi connectivity index (χ1n) is 8.91. The first-order valence-corrected chi connectivity index (χ1v) is 8.91. The molecule has 0 saturated heterocycles. The number of para-hydroxylation sites is 1. The Bertz CT molecular complexity index is 739. The number of ether oxygens (including phenoxy) is 1. The summed E-state index contributed by atoms with van der Waals surface area (Å²) in [6.07, 6.45) is 0.295. The fourth-order valence-electron chi connectivity index (χ4n) is 2.50. The molecule has 0 atom stereocenters. The van der Waals surface area contributed by atoms with Crippen molar-refractivity contribution < 1.29 is 14.3 Å². The fraction of sp³-hybridized carbons (Fsp3) is 0.333. The maximum absolute atomic E-state index is 12.2. The number of amides is 1. The Morgan fingerprint density at radius 1 is 1.04 bits per heavy atom. The number of nitrogens with one attached hydrogen (secondary N) is 2. The summed E-state index contributed by atoms with van der Waals surface area (Å²) >= 11 is 0. The molecule has 5 heteroatoms. The van der Waals surface area contributed by atoms with E-state index in [1.54, 1.807) is 31.2 Å². The van der Waals surface area contributed by atoms with Crippen LogP contribution in [0.4, 0.5) is 11.4 Å². The SMILES string of the molecule is CCOC(=O)c1ccccc1NC(=O)CCNc1ccc(C(C)C)cc1. The Morgan fingerprint density at radius 3 is 2.38 bits per heavy atom. The maximum atomic E-state index is 12.2. The molecule has 2 rings (SSSR count). The van der Waals surface area contributed by atoms with Crippen LogP contribution in [0.25, 0.3) is 0 Å². The first-order chi connectivity index (χ1) is 12.5. The highest BCUT2D eigenvalue weighted by Gasteiger charge is 2.13. The summed E-state index contributed by atoms with van der Waals surface area (Å²) in [4.78, 5) is 24.1. The number of benzene rings is 2. The van der Waals surface area contributed by atoms with Gasteiger partial charge in [0.25, 0.3) is 0 Å². The average molecular weight is 354 g/mol. The van der Waals surface area contributed by atoms with Crippen LogP contribution in [0.1, 0.15) is 49.0 Å². The first kappa shape index (κ1) is 19.5. The van der Waals surface area contributed by atoms with Crippen molar-refractivity contribution in [1.82, 2.24) is 0 Å². The number of anilines is 2. The van der Waals surface area contributed by atoms with Crippen molar-refractivity contribution in [2.75, 3.05) is 23.8 Å². The predicted molar refractivity (Wildman–Crippen MR) is 105 cm³/mol. The molecular weight excluding hydrogens is 328 g/mol. The van der Waals surface area contributed by atoms with Gasteiger partial charge in [0, 0.05) is 18.7 Å². The van der Waals surface area contributed by atoms with Crippen molar-refractivity contribution in [1.29, 1.82) is 0 Å². The summed E-state index contributed by atoms with van der Waals surface area (Å²) < 4.78 is 5.01. The lowest BCUT2D eigenvalue weighted by Crippen LogP contribution is -2.18. The number of carbonyl (C=O) groups excluding carboxylic acids is 2. The second-order valence-corrected chi connectivity index (χ2v) is 6.27. The highest BCUT2D eigenvalue weighted by atomic mass is 16.5. The van der Waals surface area contributed by atoms with Crippen LogP contribution in [-0.2, 0) is 9.53 Å². The summed E-state index contributed by atoms with van der Waals surface area (Å²) in [7, 11) is 0. The van der Waals surface area contributed by atoms with Gasteiger partial charge in [-0.1, -0.05) is 38.1 Å². The van der Waals surface area contributed by atoms with Crippen molar-refractivity contribution in [3.05, 3.63) is 59.7 Å². The van der Waals surface area contributed by atoms with Gasteiger partial charge in [0.2, 0.25) is 5.91 Å². The van der Waals surface area contributed by atoms with Gasteiger partial charge in [0.1, 0.15) is 0 Å². The lowest BCUT2D eigenvalue weighted by Gasteiger charge is -2.11. The molecule has 0 unspecified atom stereocenters. The smallest absolute Gasteiger partial charge is 0.340 e. The number of esters is 1. The Kier molecular flexibility index (Phi) is 7.21. The zero-order chi connectivity index (χ0) is 18.9. The van der Waals surface area contributed by atoms with Gasteiger partial charge in [-0.05, 0) is 42.7 Å². The molecule has 0 fully saturated rings. The van der Waals surface area contributed by atoms with E-state index in [2.05, 4.69) is 36.6 Å². The molecule has 0 bridgehead atoms. The molecule has 2 N–H and O–H groups in total. The van der Waals surface area contributed by atoms with Gasteiger partial charge < -0.3 is 15.4 Å². The number of rotatable bonds is 8. The Balaban J connectivity index is 1.86. The Labute approximate surface area is 154 Å². The largest absolute Gasteiger partial charge is 0.462 e. The van der Waals surface area contributed by atoms with Crippen LogP contribution in [0.3, 0.4) is 0 Å². The monoisotopic (exact) mass is 354 g/mol. The van der Waals surface area contributed by atoms with Crippen molar-refractivity contribution >= 4 is 23.3 Å². The molecular formula is C21H26N2O3. The molecule has 0 aliphatic carbocycles. The van der Waals surface area contributed by atoms with Gasteiger partial charge in [0.05, 0.1) is 17.9 Å². The molecule has 0 radical (unpaired) electrons. The van der Waals surface area contributed by atoms with Gasteiger partial charge >= 0.3 is 5.97 Å². The van der Waals surface area contributed by atoms with Crippen molar-refractivity contribution in [3.63, 3.8) is 0 Å². The Hall–Kier alpha value is -2.82. The highest BCUT2D eigenvalue weighted by molar-refractivity contribution is 6.01. The second-order valence-electron chi connectivity index (χ2n) is 6.27. The summed E-state index contributed by atoms with van der Waals surface area (Å²) in [6, 6.07) is 15.1. The molecule has 0 spiro atoms. The van der Waals surface area contributed by atoms with Crippen LogP contribution in [0.5, 0.6) is 0 Å². The molecule has 5 nitrogen and oxygen atoms in total. The minimum atomic E-state index is -0.438. The van der Waals surface area contributed by atoms with Gasteiger partial charge in [0.15, 0.2) is 0 Å². The lowest BCUT2D eigenvalue weighted by molar-refractivity contribution is -0.115. The minimum Gasteiger partial charge on any atom is -0.462 e. The molecule has 0 aliphatic heterocycles. The zero-order valence-corrected chi connectivity index (χ0v) is 15.5. The fourth-order valence-corrected chi connectivity index (χ4v) is 2.50. The third-order valence-electron chi connectivity index (χ3n) is 3.96. The molecule has 2 aromatic carbocycles. The van der Waals surface area contributed by atoms with Gasteiger partial charge in [-0.25, -0.2) is 4.79 Å². The van der Waals surface area contributed by atoms with Gasteiger partial charge in [-0.3, -0.25) is 4.79 Å². The van der Waals surface area contributed by atoms with E-state index in [0.717, 1.165) is 5.69 Å². The molecule has 0 aliphatic rings. The van der Waals surface area contributed by atoms with Crippen LogP contribution in [0.15, 0.2) is 48.5 Å². The molecule has 0 heterocycles. The molecule has 138 valence electrons. The van der Waals surface area contributed by atoms with Gasteiger partial charge in [-0.15, -0.1) is 0 Å². The minimum absolute atomic E-state index is 0.159. The van der Waals surface area contributed by atoms with Crippen molar-refractivity contribution in [2.24, 2.45) is 0 Å². The standard InChI is InChI=1S/C21H26N2O3/c1-4-26-21(25)18-7-5-6-8-19(18)23-20(24)13-14-22-17-11-9-16(10-12-17)15(2)3/h5-12,15,22H,4,13-14H2,1-3H3,(H,23,24). The molecule has 0 aromatic heterocycles. The van der Waals surface area contributed by atoms with E-state index in [9.17, 15) is 9.59 Å². The highest BCUT2D eigenvalue weighted by Crippen LogP contribution is 2.18. The Morgan fingerprint density at radius 2 is 1.73 bits per heavy atom. The average Bonchev–Trinajstić information content (AvgIpc) is 2.62. The lowest BCUT2D eigenvalue weighted by atomic mass is 10.0. The second kappa shape index (κ2) is 9.61. The van der Waals surface area contributed by atoms with E-state index in [1.165, 1.54) is 5.56 Å². The molecule has 2 aromatic rings. The van der Waals surface area contributed by atoms with Crippen LogP contribution in [0, 0.1) is 0 Å². The van der Waals surface area contributed by atoms with Gasteiger partial charge in [-0.2, -0.15) is 0 Å². The zero-order valence-electron chi connectivity index (χ0n) is 15.5. The van der Waals surface area contributed by atoms with Crippen molar-refractivity contribution in [3.8, 4) is 0 Å². The van der Waals surface area contributed by atoms with Crippen LogP contribution in [0.2, 0.25) is 0 Å². The van der Waals surface area contributed by atoms with E-state index in [0.29, 0.717) is 36.7 Å². The number of carbonyl (C=O) groups is 2. The molecule has 26 heavy (non-hydrogen) atoms. The third kappa shape index (κ3) is 5.62. The van der Waals surface area contributed by atoms with E-state index in [4.69, 9.17) is 4.74 Å². The van der Waals surface area contributed by atoms with Crippen LogP contribution < -0.4 is 10.6 Å². The number of hydrogen-bond donors (Lipinski definition) is 2. The quantitative estimate of drug-likeness (QED) is 0.688. The molecule has 1 amide bonds. The van der Waals surface area contributed by atoms with Crippen molar-refractivity contribution in [2.45, 2.75) is 33.1 Å². The van der Waals surface area contributed by atoms with E-state index in [1.807, 2.05) is 12.1 Å². The van der Waals surface area contributed by atoms with E-state index >= 15 is 0 Å².